The number of rotatable bonds is 3. The van der Waals surface area contributed by atoms with E-state index in [0.717, 1.165) is 11.4 Å². The van der Waals surface area contributed by atoms with Gasteiger partial charge in [0.05, 0.1) is 18.4 Å². The smallest absolute Gasteiger partial charge is 0.350 e. The van der Waals surface area contributed by atoms with Gasteiger partial charge in [-0.3, -0.25) is 9.97 Å². The van der Waals surface area contributed by atoms with Crippen LogP contribution in [0.2, 0.25) is 0 Å². The van der Waals surface area contributed by atoms with Crippen LogP contribution in [0.3, 0.4) is 0 Å². The molecule has 0 spiro atoms. The maximum Gasteiger partial charge on any atom is 0.350 e. The third-order valence-corrected chi connectivity index (χ3v) is 2.81. The van der Waals surface area contributed by atoms with Gasteiger partial charge in [0.25, 0.3) is 0 Å². The molecule has 96 valence electrons. The molecule has 7 nitrogen and oxygen atoms in total. The fourth-order valence-corrected chi connectivity index (χ4v) is 1.86. The van der Waals surface area contributed by atoms with Gasteiger partial charge in [-0.05, 0) is 12.1 Å². The molecule has 0 aliphatic heterocycles. The molecule has 7 heteroatoms. The first kappa shape index (κ1) is 11.4. The van der Waals surface area contributed by atoms with Crippen LogP contribution < -0.4 is 11.0 Å². The Morgan fingerprint density at radius 1 is 1.37 bits per heavy atom. The molecule has 19 heavy (non-hydrogen) atoms. The number of nitrogens with one attached hydrogen (secondary N) is 1. The second kappa shape index (κ2) is 4.52. The third-order valence-electron chi connectivity index (χ3n) is 2.81. The Kier molecular flexibility index (Phi) is 2.71. The minimum atomic E-state index is -0.200. The lowest BCUT2D eigenvalue weighted by molar-refractivity contribution is 0.646. The zero-order chi connectivity index (χ0) is 13.2. The highest BCUT2D eigenvalue weighted by Gasteiger charge is 2.07. The van der Waals surface area contributed by atoms with Crippen LogP contribution in [0, 0.1) is 0 Å². The van der Waals surface area contributed by atoms with Crippen LogP contribution in [-0.4, -0.2) is 31.2 Å². The molecule has 0 bridgehead atoms. The van der Waals surface area contributed by atoms with Crippen LogP contribution in [0.4, 0.5) is 5.69 Å². The number of nitrogens with zero attached hydrogens (tertiary/aromatic N) is 5. The minimum absolute atomic E-state index is 0.200. The molecule has 0 unspecified atom stereocenters. The molecule has 0 aliphatic carbocycles. The van der Waals surface area contributed by atoms with Crippen molar-refractivity contribution >= 4 is 11.3 Å². The van der Waals surface area contributed by atoms with Gasteiger partial charge in [-0.1, -0.05) is 0 Å². The average molecular weight is 256 g/mol. The lowest BCUT2D eigenvalue weighted by Crippen LogP contribution is -2.22. The molecular formula is C12H12N6O. The summed E-state index contributed by atoms with van der Waals surface area (Å²) in [4.78, 5) is 20.2. The van der Waals surface area contributed by atoms with Gasteiger partial charge in [0.15, 0.2) is 5.65 Å². The van der Waals surface area contributed by atoms with E-state index < -0.39 is 0 Å². The molecule has 0 aromatic carbocycles. The largest absolute Gasteiger partial charge is 0.388 e. The molecule has 3 rings (SSSR count). The maximum absolute atomic E-state index is 12.1. The standard InChI is InChI=1S/C12H12N6O/c1-13-9-2-3-15-10(6-9)8-18-12(19)17-5-4-14-7-11(17)16-18/h2-7H,8H2,1H3,(H,13,15). The molecule has 3 aromatic rings. The molecule has 3 heterocycles. The summed E-state index contributed by atoms with van der Waals surface area (Å²) >= 11 is 0. The molecule has 0 amide bonds. The Bertz CT molecular complexity index is 775. The second-order valence-electron chi connectivity index (χ2n) is 4.03. The number of fused-ring (bicyclic) bond motifs is 1. The first-order chi connectivity index (χ1) is 9.28. The fraction of sp³-hybridized carbons (Fsp3) is 0.167. The predicted octanol–water partition coefficient (Wildman–Crippen LogP) is 0.376. The van der Waals surface area contributed by atoms with Crippen LogP contribution in [0.25, 0.3) is 5.65 Å². The first-order valence-electron chi connectivity index (χ1n) is 5.80. The molecule has 1 N–H and O–H groups in total. The van der Waals surface area contributed by atoms with Crippen molar-refractivity contribution in [3.63, 3.8) is 0 Å². The summed E-state index contributed by atoms with van der Waals surface area (Å²) in [6.07, 6.45) is 6.40. The Balaban J connectivity index is 2.01. The van der Waals surface area contributed by atoms with E-state index in [4.69, 9.17) is 0 Å². The number of pyridine rings is 1. The van der Waals surface area contributed by atoms with E-state index in [2.05, 4.69) is 20.4 Å². The van der Waals surface area contributed by atoms with Crippen molar-refractivity contribution in [1.29, 1.82) is 0 Å². The third kappa shape index (κ3) is 2.05. The molecule has 0 saturated carbocycles. The Hall–Kier alpha value is -2.70. The SMILES string of the molecule is CNc1ccnc(Cn2nc3cnccn3c2=O)c1. The molecule has 0 fully saturated rings. The summed E-state index contributed by atoms with van der Waals surface area (Å²) in [6, 6.07) is 3.74. The van der Waals surface area contributed by atoms with E-state index in [-0.39, 0.29) is 5.69 Å². The van der Waals surface area contributed by atoms with Gasteiger partial charge in [-0.2, -0.15) is 0 Å². The summed E-state index contributed by atoms with van der Waals surface area (Å²) in [5.41, 5.74) is 2.04. The molecule has 0 atom stereocenters. The van der Waals surface area contributed by atoms with E-state index in [1.807, 2.05) is 19.2 Å². The van der Waals surface area contributed by atoms with E-state index in [1.165, 1.54) is 9.08 Å². The zero-order valence-electron chi connectivity index (χ0n) is 10.3. The lowest BCUT2D eigenvalue weighted by atomic mass is 10.3. The summed E-state index contributed by atoms with van der Waals surface area (Å²) in [7, 11) is 1.84. The van der Waals surface area contributed by atoms with Gasteiger partial charge in [-0.15, -0.1) is 5.10 Å². The maximum atomic E-state index is 12.1. The van der Waals surface area contributed by atoms with Crippen molar-refractivity contribution in [1.82, 2.24) is 24.1 Å². The Morgan fingerprint density at radius 2 is 2.26 bits per heavy atom. The number of hydrogen-bond acceptors (Lipinski definition) is 5. The van der Waals surface area contributed by atoms with E-state index in [0.29, 0.717) is 12.2 Å². The van der Waals surface area contributed by atoms with Gasteiger partial charge in [0.1, 0.15) is 0 Å². The summed E-state index contributed by atoms with van der Waals surface area (Å²) in [5, 5.41) is 7.24. The Labute approximate surface area is 108 Å². The highest BCUT2D eigenvalue weighted by Crippen LogP contribution is 2.07. The van der Waals surface area contributed by atoms with Crippen LogP contribution >= 0.6 is 0 Å². The van der Waals surface area contributed by atoms with Crippen molar-refractivity contribution in [3.8, 4) is 0 Å². The van der Waals surface area contributed by atoms with Crippen molar-refractivity contribution in [2.45, 2.75) is 6.54 Å². The summed E-state index contributed by atoms with van der Waals surface area (Å²) < 4.78 is 2.83. The average Bonchev–Trinajstić information content (AvgIpc) is 2.76. The van der Waals surface area contributed by atoms with Crippen LogP contribution in [-0.2, 0) is 6.54 Å². The van der Waals surface area contributed by atoms with E-state index >= 15 is 0 Å². The molecule has 0 aliphatic rings. The molecule has 0 saturated heterocycles. The molecule has 0 radical (unpaired) electrons. The first-order valence-corrected chi connectivity index (χ1v) is 5.80. The highest BCUT2D eigenvalue weighted by molar-refractivity contribution is 5.42. The zero-order valence-corrected chi connectivity index (χ0v) is 10.3. The second-order valence-corrected chi connectivity index (χ2v) is 4.03. The summed E-state index contributed by atoms with van der Waals surface area (Å²) in [5.74, 6) is 0. The number of hydrogen-bond donors (Lipinski definition) is 1. The molecule has 3 aromatic heterocycles. The van der Waals surface area contributed by atoms with Gasteiger partial charge in [-0.25, -0.2) is 13.9 Å². The minimum Gasteiger partial charge on any atom is -0.388 e. The van der Waals surface area contributed by atoms with Gasteiger partial charge in [0, 0.05) is 31.3 Å². The van der Waals surface area contributed by atoms with Gasteiger partial charge < -0.3 is 5.32 Å². The van der Waals surface area contributed by atoms with Crippen molar-refractivity contribution < 1.29 is 0 Å². The van der Waals surface area contributed by atoms with Crippen LogP contribution in [0.1, 0.15) is 5.69 Å². The van der Waals surface area contributed by atoms with Crippen molar-refractivity contribution in [3.05, 3.63) is 53.1 Å². The number of aromatic nitrogens is 5. The van der Waals surface area contributed by atoms with Crippen LogP contribution in [0.5, 0.6) is 0 Å². The fourth-order valence-electron chi connectivity index (χ4n) is 1.86. The quantitative estimate of drug-likeness (QED) is 0.733. The summed E-state index contributed by atoms with van der Waals surface area (Å²) in [6.45, 7) is 0.329. The van der Waals surface area contributed by atoms with Crippen LogP contribution in [0.15, 0.2) is 41.7 Å². The van der Waals surface area contributed by atoms with Crippen molar-refractivity contribution in [2.24, 2.45) is 0 Å². The van der Waals surface area contributed by atoms with E-state index in [1.54, 1.807) is 24.8 Å². The molecular weight excluding hydrogens is 244 g/mol. The highest BCUT2D eigenvalue weighted by atomic mass is 16.2. The Morgan fingerprint density at radius 3 is 3.05 bits per heavy atom. The van der Waals surface area contributed by atoms with Crippen molar-refractivity contribution in [2.75, 3.05) is 12.4 Å². The normalized spacial score (nSPS) is 10.8. The predicted molar refractivity (Wildman–Crippen MR) is 70.1 cm³/mol. The number of anilines is 1. The van der Waals surface area contributed by atoms with Gasteiger partial charge >= 0.3 is 5.69 Å². The monoisotopic (exact) mass is 256 g/mol. The lowest BCUT2D eigenvalue weighted by Gasteiger charge is -2.02. The van der Waals surface area contributed by atoms with E-state index in [9.17, 15) is 4.79 Å². The van der Waals surface area contributed by atoms with Gasteiger partial charge in [0.2, 0.25) is 0 Å². The topological polar surface area (TPSA) is 77.1 Å².